The van der Waals surface area contributed by atoms with E-state index in [0.29, 0.717) is 0 Å². The lowest BCUT2D eigenvalue weighted by Gasteiger charge is -2.32. The van der Waals surface area contributed by atoms with Gasteiger partial charge in [0.15, 0.2) is 0 Å². The normalized spacial score (nSPS) is 12.5. The zero-order chi connectivity index (χ0) is 22.5. The molecule has 0 radical (unpaired) electrons. The van der Waals surface area contributed by atoms with Crippen LogP contribution in [0.15, 0.2) is 125 Å². The smallest absolute Gasteiger partial charge is 0.116 e. The molecule has 0 atom stereocenters. The van der Waals surface area contributed by atoms with E-state index in [2.05, 4.69) is 118 Å². The lowest BCUT2D eigenvalue weighted by molar-refractivity contribution is 1.17. The van der Waals surface area contributed by atoms with Crippen molar-refractivity contribution in [1.29, 1.82) is 0 Å². The van der Waals surface area contributed by atoms with E-state index in [9.17, 15) is 0 Å². The van der Waals surface area contributed by atoms with Crippen LogP contribution in [0.25, 0.3) is 32.8 Å². The van der Waals surface area contributed by atoms with E-state index in [-0.39, 0.29) is 0 Å². The van der Waals surface area contributed by atoms with Crippen molar-refractivity contribution >= 4 is 50.5 Å². The molecular formula is C30H19N3S. The van der Waals surface area contributed by atoms with Crippen LogP contribution in [0.2, 0.25) is 0 Å². The Labute approximate surface area is 201 Å². The van der Waals surface area contributed by atoms with Gasteiger partial charge in [-0.05, 0) is 64.4 Å². The van der Waals surface area contributed by atoms with Gasteiger partial charge in [-0.15, -0.1) is 0 Å². The van der Waals surface area contributed by atoms with Crippen LogP contribution in [0.4, 0.5) is 17.1 Å². The molecule has 0 saturated heterocycles. The first-order valence-corrected chi connectivity index (χ1v) is 12.1. The molecule has 0 N–H and O–H groups in total. The molecule has 3 nitrogen and oxygen atoms in total. The SMILES string of the molecule is c1ccc2c(c1)Sc1ccccc1N2c1ccc(-c2cc3ncncc3c3ccccc23)cc1. The van der Waals surface area contributed by atoms with Gasteiger partial charge in [-0.1, -0.05) is 72.4 Å². The fourth-order valence-electron chi connectivity index (χ4n) is 4.84. The molecule has 0 fully saturated rings. The molecule has 34 heavy (non-hydrogen) atoms. The quantitative estimate of drug-likeness (QED) is 0.246. The first-order valence-electron chi connectivity index (χ1n) is 11.2. The third-order valence-corrected chi connectivity index (χ3v) is 7.53. The van der Waals surface area contributed by atoms with E-state index in [4.69, 9.17) is 0 Å². The number of rotatable bonds is 2. The van der Waals surface area contributed by atoms with Crippen LogP contribution in [-0.4, -0.2) is 9.97 Å². The standard InChI is InChI=1S/C30H19N3S/c1-2-8-23-22(7-1)24(17-26-25(23)18-31-19-32-26)20-13-15-21(16-14-20)33-27-9-3-5-11-29(27)34-30-12-6-4-10-28(30)33/h1-19H. The minimum Gasteiger partial charge on any atom is -0.308 e. The minimum absolute atomic E-state index is 0.962. The van der Waals surface area contributed by atoms with Crippen LogP contribution in [0.3, 0.4) is 0 Å². The second kappa shape index (κ2) is 7.72. The van der Waals surface area contributed by atoms with Gasteiger partial charge in [0.2, 0.25) is 0 Å². The summed E-state index contributed by atoms with van der Waals surface area (Å²) in [4.78, 5) is 13.7. The van der Waals surface area contributed by atoms with Crippen LogP contribution in [0.5, 0.6) is 0 Å². The molecule has 7 rings (SSSR count). The van der Waals surface area contributed by atoms with Crippen molar-refractivity contribution < 1.29 is 0 Å². The van der Waals surface area contributed by atoms with Gasteiger partial charge in [0.25, 0.3) is 0 Å². The second-order valence-electron chi connectivity index (χ2n) is 8.35. The number of hydrogen-bond acceptors (Lipinski definition) is 4. The van der Waals surface area contributed by atoms with Gasteiger partial charge in [-0.3, -0.25) is 0 Å². The van der Waals surface area contributed by atoms with Crippen LogP contribution < -0.4 is 4.90 Å². The third kappa shape index (κ3) is 3.00. The van der Waals surface area contributed by atoms with Crippen molar-refractivity contribution in [2.75, 3.05) is 4.90 Å². The maximum absolute atomic E-state index is 4.54. The van der Waals surface area contributed by atoms with Gasteiger partial charge in [0.05, 0.1) is 16.9 Å². The Morgan fingerprint density at radius 2 is 1.26 bits per heavy atom. The molecule has 5 aromatic carbocycles. The predicted molar refractivity (Wildman–Crippen MR) is 141 cm³/mol. The van der Waals surface area contributed by atoms with E-state index in [1.54, 1.807) is 6.33 Å². The Morgan fingerprint density at radius 1 is 0.618 bits per heavy atom. The van der Waals surface area contributed by atoms with Crippen molar-refractivity contribution in [3.05, 3.63) is 116 Å². The molecule has 1 aromatic heterocycles. The highest BCUT2D eigenvalue weighted by Gasteiger charge is 2.24. The topological polar surface area (TPSA) is 29.0 Å². The Balaban J connectivity index is 1.39. The summed E-state index contributed by atoms with van der Waals surface area (Å²) in [7, 11) is 0. The number of nitrogens with zero attached hydrogens (tertiary/aromatic N) is 3. The summed E-state index contributed by atoms with van der Waals surface area (Å²) in [6.07, 6.45) is 3.52. The molecule has 0 bridgehead atoms. The number of hydrogen-bond donors (Lipinski definition) is 0. The maximum atomic E-state index is 4.54. The van der Waals surface area contributed by atoms with Gasteiger partial charge in [-0.2, -0.15) is 0 Å². The van der Waals surface area contributed by atoms with Gasteiger partial charge in [0, 0.05) is 27.1 Å². The highest BCUT2D eigenvalue weighted by molar-refractivity contribution is 7.99. The fourth-order valence-corrected chi connectivity index (χ4v) is 5.90. The van der Waals surface area contributed by atoms with E-state index in [1.165, 1.54) is 43.1 Å². The number of anilines is 3. The number of aromatic nitrogens is 2. The third-order valence-electron chi connectivity index (χ3n) is 6.40. The van der Waals surface area contributed by atoms with Crippen molar-refractivity contribution in [3.8, 4) is 11.1 Å². The maximum Gasteiger partial charge on any atom is 0.116 e. The van der Waals surface area contributed by atoms with Crippen molar-refractivity contribution in [2.45, 2.75) is 9.79 Å². The highest BCUT2D eigenvalue weighted by atomic mass is 32.2. The molecular weight excluding hydrogens is 434 g/mol. The first-order chi connectivity index (χ1) is 16.9. The molecule has 0 spiro atoms. The second-order valence-corrected chi connectivity index (χ2v) is 9.43. The summed E-state index contributed by atoms with van der Waals surface area (Å²) < 4.78 is 0. The molecule has 0 amide bonds. The first kappa shape index (κ1) is 19.3. The number of para-hydroxylation sites is 2. The summed E-state index contributed by atoms with van der Waals surface area (Å²) in [6, 6.07) is 36.8. The van der Waals surface area contributed by atoms with Gasteiger partial charge < -0.3 is 4.90 Å². The predicted octanol–water partition coefficient (Wildman–Crippen LogP) is 8.38. The summed E-state index contributed by atoms with van der Waals surface area (Å²) in [5.74, 6) is 0. The molecule has 2 heterocycles. The van der Waals surface area contributed by atoms with E-state index >= 15 is 0 Å². The molecule has 6 aromatic rings. The summed E-state index contributed by atoms with van der Waals surface area (Å²) in [5.41, 5.74) is 6.90. The molecule has 1 aliphatic rings. The van der Waals surface area contributed by atoms with Crippen molar-refractivity contribution in [3.63, 3.8) is 0 Å². The monoisotopic (exact) mass is 453 g/mol. The molecule has 1 aliphatic heterocycles. The molecule has 0 unspecified atom stereocenters. The van der Waals surface area contributed by atoms with E-state index < -0.39 is 0 Å². The largest absolute Gasteiger partial charge is 0.308 e. The van der Waals surface area contributed by atoms with Crippen LogP contribution >= 0.6 is 11.8 Å². The average molecular weight is 454 g/mol. The summed E-state index contributed by atoms with van der Waals surface area (Å²) in [6.45, 7) is 0. The van der Waals surface area contributed by atoms with Crippen LogP contribution in [-0.2, 0) is 0 Å². The summed E-state index contributed by atoms with van der Waals surface area (Å²) >= 11 is 1.83. The lowest BCUT2D eigenvalue weighted by Crippen LogP contribution is -2.14. The summed E-state index contributed by atoms with van der Waals surface area (Å²) in [5, 5.41) is 3.47. The van der Waals surface area contributed by atoms with E-state index in [0.717, 1.165) is 16.6 Å². The average Bonchev–Trinajstić information content (AvgIpc) is 2.91. The fraction of sp³-hybridized carbons (Fsp3) is 0. The highest BCUT2D eigenvalue weighted by Crippen LogP contribution is 2.51. The Hall–Kier alpha value is -4.15. The Morgan fingerprint density at radius 3 is 2.00 bits per heavy atom. The minimum atomic E-state index is 0.962. The van der Waals surface area contributed by atoms with Gasteiger partial charge >= 0.3 is 0 Å². The Bertz CT molecular complexity index is 1650. The van der Waals surface area contributed by atoms with Crippen molar-refractivity contribution in [2.24, 2.45) is 0 Å². The van der Waals surface area contributed by atoms with Gasteiger partial charge in [0.1, 0.15) is 6.33 Å². The number of fused-ring (bicyclic) bond motifs is 5. The molecule has 0 saturated carbocycles. The zero-order valence-corrected chi connectivity index (χ0v) is 19.0. The molecule has 160 valence electrons. The van der Waals surface area contributed by atoms with Crippen LogP contribution in [0.1, 0.15) is 0 Å². The van der Waals surface area contributed by atoms with Crippen molar-refractivity contribution in [1.82, 2.24) is 9.97 Å². The van der Waals surface area contributed by atoms with E-state index in [1.807, 2.05) is 18.0 Å². The zero-order valence-electron chi connectivity index (χ0n) is 18.2. The molecule has 0 aliphatic carbocycles. The number of benzene rings is 5. The van der Waals surface area contributed by atoms with Crippen LogP contribution in [0, 0.1) is 0 Å². The molecule has 4 heteroatoms. The van der Waals surface area contributed by atoms with Gasteiger partial charge in [-0.25, -0.2) is 9.97 Å². The Kier molecular flexibility index (Phi) is 4.39. The lowest BCUT2D eigenvalue weighted by atomic mass is 9.95.